The van der Waals surface area contributed by atoms with Crippen molar-refractivity contribution in [2.75, 3.05) is 5.32 Å². The van der Waals surface area contributed by atoms with Crippen molar-refractivity contribution in [1.29, 1.82) is 0 Å². The number of hydrogen-bond donors (Lipinski definition) is 1. The first-order valence-electron chi connectivity index (χ1n) is 6.13. The zero-order valence-electron chi connectivity index (χ0n) is 9.85. The van der Waals surface area contributed by atoms with Gasteiger partial charge in [-0.05, 0) is 23.3 Å². The molecule has 0 aliphatic carbocycles. The topological polar surface area (TPSA) is 24.9 Å². The summed E-state index contributed by atoms with van der Waals surface area (Å²) in [5.41, 5.74) is 6.07. The van der Waals surface area contributed by atoms with E-state index in [9.17, 15) is 0 Å². The third kappa shape index (κ3) is 1.32. The highest BCUT2D eigenvalue weighted by atomic mass is 14.9. The first-order chi connectivity index (χ1) is 8.92. The van der Waals surface area contributed by atoms with E-state index in [1.165, 1.54) is 27.9 Å². The molecule has 0 amide bonds. The van der Waals surface area contributed by atoms with Crippen LogP contribution >= 0.6 is 0 Å². The number of rotatable bonds is 0. The smallest absolute Gasteiger partial charge is 0.0723 e. The van der Waals surface area contributed by atoms with Gasteiger partial charge in [-0.2, -0.15) is 0 Å². The Morgan fingerprint density at radius 1 is 0.889 bits per heavy atom. The Morgan fingerprint density at radius 3 is 2.72 bits per heavy atom. The molecule has 0 bridgehead atoms. The highest BCUT2D eigenvalue weighted by Gasteiger charge is 2.16. The molecule has 0 unspecified atom stereocenters. The Kier molecular flexibility index (Phi) is 1.92. The number of aromatic nitrogens is 1. The standard InChI is InChI=1S/C16H12N2/c1-3-7-14-11(5-1)9-12-10-17-15-8-4-2-6-13(15)16(12)18-14/h1-8,10,18H,9H2. The van der Waals surface area contributed by atoms with Gasteiger partial charge in [-0.15, -0.1) is 0 Å². The predicted octanol–water partition coefficient (Wildman–Crippen LogP) is 3.88. The predicted molar refractivity (Wildman–Crippen MR) is 74.3 cm³/mol. The molecule has 1 aliphatic heterocycles. The van der Waals surface area contributed by atoms with E-state index in [-0.39, 0.29) is 0 Å². The van der Waals surface area contributed by atoms with Crippen LogP contribution in [0.3, 0.4) is 0 Å². The Morgan fingerprint density at radius 2 is 1.72 bits per heavy atom. The molecular weight excluding hydrogens is 220 g/mol. The zero-order valence-corrected chi connectivity index (χ0v) is 9.85. The number of benzene rings is 2. The van der Waals surface area contributed by atoms with Gasteiger partial charge in [0.05, 0.1) is 11.2 Å². The largest absolute Gasteiger partial charge is 0.354 e. The number of nitrogens with one attached hydrogen (secondary N) is 1. The summed E-state index contributed by atoms with van der Waals surface area (Å²) in [6, 6.07) is 16.7. The zero-order chi connectivity index (χ0) is 11.9. The van der Waals surface area contributed by atoms with Crippen LogP contribution in [-0.4, -0.2) is 4.98 Å². The fourth-order valence-electron chi connectivity index (χ4n) is 2.60. The summed E-state index contributed by atoms with van der Waals surface area (Å²) in [6.45, 7) is 0. The molecule has 2 aromatic carbocycles. The van der Waals surface area contributed by atoms with E-state index < -0.39 is 0 Å². The second-order valence-electron chi connectivity index (χ2n) is 4.63. The van der Waals surface area contributed by atoms with E-state index in [0.29, 0.717) is 0 Å². The lowest BCUT2D eigenvalue weighted by atomic mass is 9.97. The summed E-state index contributed by atoms with van der Waals surface area (Å²) >= 11 is 0. The minimum Gasteiger partial charge on any atom is -0.354 e. The summed E-state index contributed by atoms with van der Waals surface area (Å²) in [4.78, 5) is 4.53. The third-order valence-electron chi connectivity index (χ3n) is 3.51. The lowest BCUT2D eigenvalue weighted by molar-refractivity contribution is 1.14. The van der Waals surface area contributed by atoms with E-state index in [0.717, 1.165) is 11.9 Å². The van der Waals surface area contributed by atoms with Gasteiger partial charge in [0, 0.05) is 23.7 Å². The summed E-state index contributed by atoms with van der Waals surface area (Å²) in [6.07, 6.45) is 2.94. The molecule has 86 valence electrons. The van der Waals surface area contributed by atoms with Gasteiger partial charge in [0.2, 0.25) is 0 Å². The van der Waals surface area contributed by atoms with E-state index in [4.69, 9.17) is 0 Å². The molecule has 2 heteroatoms. The molecule has 4 rings (SSSR count). The number of para-hydroxylation sites is 2. The quantitative estimate of drug-likeness (QED) is 0.497. The first kappa shape index (κ1) is 9.66. The second-order valence-corrected chi connectivity index (χ2v) is 4.63. The molecule has 1 N–H and O–H groups in total. The van der Waals surface area contributed by atoms with Crippen LogP contribution in [0.15, 0.2) is 54.7 Å². The first-order valence-corrected chi connectivity index (χ1v) is 6.13. The normalized spacial score (nSPS) is 12.7. The molecule has 0 fully saturated rings. The van der Waals surface area contributed by atoms with Gasteiger partial charge in [-0.3, -0.25) is 4.98 Å². The van der Waals surface area contributed by atoms with Gasteiger partial charge in [-0.1, -0.05) is 36.4 Å². The molecule has 1 aliphatic rings. The van der Waals surface area contributed by atoms with E-state index in [1.54, 1.807) is 0 Å². The molecule has 0 spiro atoms. The molecule has 0 saturated carbocycles. The van der Waals surface area contributed by atoms with Crippen molar-refractivity contribution < 1.29 is 0 Å². The van der Waals surface area contributed by atoms with E-state index >= 15 is 0 Å². The van der Waals surface area contributed by atoms with Crippen LogP contribution in [0, 0.1) is 0 Å². The lowest BCUT2D eigenvalue weighted by Crippen LogP contribution is -2.07. The lowest BCUT2D eigenvalue weighted by Gasteiger charge is -2.22. The van der Waals surface area contributed by atoms with Crippen LogP contribution in [0.2, 0.25) is 0 Å². The van der Waals surface area contributed by atoms with Crippen molar-refractivity contribution >= 4 is 22.3 Å². The van der Waals surface area contributed by atoms with Crippen LogP contribution in [0.1, 0.15) is 11.1 Å². The van der Waals surface area contributed by atoms with Crippen LogP contribution in [-0.2, 0) is 6.42 Å². The Balaban J connectivity index is 1.98. The van der Waals surface area contributed by atoms with Gasteiger partial charge in [0.15, 0.2) is 0 Å². The van der Waals surface area contributed by atoms with Crippen molar-refractivity contribution in [1.82, 2.24) is 4.98 Å². The summed E-state index contributed by atoms with van der Waals surface area (Å²) < 4.78 is 0. The molecule has 3 aromatic rings. The van der Waals surface area contributed by atoms with Crippen LogP contribution < -0.4 is 5.32 Å². The maximum Gasteiger partial charge on any atom is 0.0723 e. The molecule has 1 aromatic heterocycles. The van der Waals surface area contributed by atoms with E-state index in [1.807, 2.05) is 12.3 Å². The maximum absolute atomic E-state index is 4.53. The van der Waals surface area contributed by atoms with Crippen molar-refractivity contribution in [3.8, 4) is 0 Å². The van der Waals surface area contributed by atoms with Gasteiger partial charge in [0.25, 0.3) is 0 Å². The van der Waals surface area contributed by atoms with Crippen LogP contribution in [0.25, 0.3) is 10.9 Å². The van der Waals surface area contributed by atoms with Crippen molar-refractivity contribution in [2.45, 2.75) is 6.42 Å². The Hall–Kier alpha value is -2.35. The number of fused-ring (bicyclic) bond motifs is 4. The van der Waals surface area contributed by atoms with Gasteiger partial charge in [-0.25, -0.2) is 0 Å². The highest BCUT2D eigenvalue weighted by Crippen LogP contribution is 2.36. The number of nitrogens with zero attached hydrogens (tertiary/aromatic N) is 1. The molecule has 2 nitrogen and oxygen atoms in total. The minimum atomic E-state index is 0.955. The van der Waals surface area contributed by atoms with Gasteiger partial charge in [0.1, 0.15) is 0 Å². The van der Waals surface area contributed by atoms with Crippen molar-refractivity contribution in [3.05, 3.63) is 65.9 Å². The highest BCUT2D eigenvalue weighted by molar-refractivity contribution is 5.96. The van der Waals surface area contributed by atoms with Crippen molar-refractivity contribution in [2.24, 2.45) is 0 Å². The molecular formula is C16H12N2. The van der Waals surface area contributed by atoms with E-state index in [2.05, 4.69) is 52.8 Å². The molecule has 0 radical (unpaired) electrons. The third-order valence-corrected chi connectivity index (χ3v) is 3.51. The fourth-order valence-corrected chi connectivity index (χ4v) is 2.60. The van der Waals surface area contributed by atoms with Crippen LogP contribution in [0.4, 0.5) is 11.4 Å². The van der Waals surface area contributed by atoms with Crippen molar-refractivity contribution in [3.63, 3.8) is 0 Å². The minimum absolute atomic E-state index is 0.955. The van der Waals surface area contributed by atoms with Gasteiger partial charge >= 0.3 is 0 Å². The summed E-state index contributed by atoms with van der Waals surface area (Å²) in [5.74, 6) is 0. The Labute approximate surface area is 105 Å². The molecule has 0 saturated heterocycles. The Bertz CT molecular complexity index is 747. The summed E-state index contributed by atoms with van der Waals surface area (Å²) in [5, 5.41) is 4.74. The SMILES string of the molecule is c1ccc2c(c1)Cc1cnc3ccccc3c1N2. The maximum atomic E-state index is 4.53. The number of pyridine rings is 1. The fraction of sp³-hybridized carbons (Fsp3) is 0.0625. The molecule has 0 atom stereocenters. The number of anilines is 2. The number of hydrogen-bond acceptors (Lipinski definition) is 2. The molecule has 18 heavy (non-hydrogen) atoms. The summed E-state index contributed by atoms with van der Waals surface area (Å²) in [7, 11) is 0. The monoisotopic (exact) mass is 232 g/mol. The average Bonchev–Trinajstić information content (AvgIpc) is 2.45. The molecule has 2 heterocycles. The average molecular weight is 232 g/mol. The van der Waals surface area contributed by atoms with Gasteiger partial charge < -0.3 is 5.32 Å². The second kappa shape index (κ2) is 3.57. The van der Waals surface area contributed by atoms with Crippen LogP contribution in [0.5, 0.6) is 0 Å².